The second kappa shape index (κ2) is 7.87. The van der Waals surface area contributed by atoms with Crippen LogP contribution in [0, 0.1) is 11.3 Å². The highest BCUT2D eigenvalue weighted by Crippen LogP contribution is 2.28. The van der Waals surface area contributed by atoms with Crippen LogP contribution in [0.1, 0.15) is 16.1 Å². The molecule has 1 heterocycles. The number of nitrogens with one attached hydrogen (secondary N) is 2. The molecule has 0 aliphatic carbocycles. The third kappa shape index (κ3) is 4.31. The molecular weight excluding hydrogens is 371 g/mol. The quantitative estimate of drug-likeness (QED) is 0.645. The van der Waals surface area contributed by atoms with Crippen LogP contribution >= 0.6 is 23.2 Å². The van der Waals surface area contributed by atoms with E-state index in [0.29, 0.717) is 32.7 Å². The molecule has 1 aromatic heterocycles. The van der Waals surface area contributed by atoms with Crippen LogP contribution in [0.4, 0.5) is 17.1 Å². The Bertz CT molecular complexity index is 997. The number of hydrogen-bond acceptors (Lipinski definition) is 4. The Kier molecular flexibility index (Phi) is 5.37. The van der Waals surface area contributed by atoms with Gasteiger partial charge in [0, 0.05) is 22.6 Å². The van der Waals surface area contributed by atoms with Gasteiger partial charge in [0.25, 0.3) is 5.91 Å². The summed E-state index contributed by atoms with van der Waals surface area (Å²) in [5, 5.41) is 15.7. The lowest BCUT2D eigenvalue weighted by Crippen LogP contribution is -2.13. The van der Waals surface area contributed by atoms with Crippen molar-refractivity contribution in [1.82, 2.24) is 4.98 Å². The lowest BCUT2D eigenvalue weighted by molar-refractivity contribution is 0.102. The monoisotopic (exact) mass is 382 g/mol. The smallest absolute Gasteiger partial charge is 0.274 e. The molecule has 1 amide bonds. The highest BCUT2D eigenvalue weighted by Gasteiger charge is 2.10. The Morgan fingerprint density at radius 1 is 1.00 bits per heavy atom. The maximum Gasteiger partial charge on any atom is 0.274 e. The number of aromatic nitrogens is 1. The van der Waals surface area contributed by atoms with E-state index in [1.54, 1.807) is 54.6 Å². The van der Waals surface area contributed by atoms with Crippen molar-refractivity contribution in [1.29, 1.82) is 5.26 Å². The number of anilines is 3. The highest BCUT2D eigenvalue weighted by atomic mass is 35.5. The summed E-state index contributed by atoms with van der Waals surface area (Å²) in [5.74, 6) is -0.361. The summed E-state index contributed by atoms with van der Waals surface area (Å²) in [6, 6.07) is 17.0. The van der Waals surface area contributed by atoms with E-state index in [-0.39, 0.29) is 11.6 Å². The standard InChI is InChI=1S/C19H12Cl2N4O/c20-13-3-6-17(16(21)9-13)24-15-7-8-23-18(10-15)19(26)25-14-4-1-12(11-22)2-5-14/h1-10H,(H,23,24)(H,25,26). The normalized spacial score (nSPS) is 10.0. The molecule has 7 heteroatoms. The number of carbonyl (C=O) groups excluding carboxylic acids is 1. The molecule has 2 aromatic carbocycles. The minimum atomic E-state index is -0.361. The maximum atomic E-state index is 12.4. The van der Waals surface area contributed by atoms with Gasteiger partial charge in [0.1, 0.15) is 5.69 Å². The minimum absolute atomic E-state index is 0.240. The van der Waals surface area contributed by atoms with Gasteiger partial charge in [-0.3, -0.25) is 9.78 Å². The Morgan fingerprint density at radius 2 is 1.77 bits per heavy atom. The Labute approximate surface area is 160 Å². The van der Waals surface area contributed by atoms with E-state index in [1.165, 1.54) is 6.20 Å². The summed E-state index contributed by atoms with van der Waals surface area (Å²) in [5.41, 5.74) is 2.67. The van der Waals surface area contributed by atoms with E-state index in [0.717, 1.165) is 0 Å². The van der Waals surface area contributed by atoms with Gasteiger partial charge in [0.2, 0.25) is 0 Å². The molecule has 0 unspecified atom stereocenters. The first-order chi connectivity index (χ1) is 12.5. The predicted molar refractivity (Wildman–Crippen MR) is 103 cm³/mol. The summed E-state index contributed by atoms with van der Waals surface area (Å²) in [7, 11) is 0. The van der Waals surface area contributed by atoms with Crippen LogP contribution in [0.15, 0.2) is 60.8 Å². The molecule has 3 aromatic rings. The van der Waals surface area contributed by atoms with Gasteiger partial charge in [0.15, 0.2) is 0 Å². The predicted octanol–water partition coefficient (Wildman–Crippen LogP) is 5.26. The molecule has 26 heavy (non-hydrogen) atoms. The number of benzene rings is 2. The third-order valence-electron chi connectivity index (χ3n) is 3.47. The largest absolute Gasteiger partial charge is 0.354 e. The number of halogens is 2. The van der Waals surface area contributed by atoms with E-state index in [2.05, 4.69) is 15.6 Å². The molecule has 2 N–H and O–H groups in total. The van der Waals surface area contributed by atoms with E-state index in [9.17, 15) is 4.79 Å². The molecule has 0 radical (unpaired) electrons. The van der Waals surface area contributed by atoms with Crippen LogP contribution in [-0.2, 0) is 0 Å². The van der Waals surface area contributed by atoms with Crippen molar-refractivity contribution in [3.8, 4) is 6.07 Å². The van der Waals surface area contributed by atoms with Crippen LogP contribution in [0.2, 0.25) is 10.0 Å². The summed E-state index contributed by atoms with van der Waals surface area (Å²) in [6.45, 7) is 0. The molecule has 0 aliphatic heterocycles. The van der Waals surface area contributed by atoms with Crippen LogP contribution in [-0.4, -0.2) is 10.9 Å². The third-order valence-corrected chi connectivity index (χ3v) is 4.02. The molecule has 0 atom stereocenters. The second-order valence-corrected chi connectivity index (χ2v) is 6.17. The number of carbonyl (C=O) groups is 1. The average molecular weight is 383 g/mol. The Hall–Kier alpha value is -3.07. The van der Waals surface area contributed by atoms with Gasteiger partial charge in [-0.25, -0.2) is 0 Å². The molecule has 128 valence electrons. The SMILES string of the molecule is N#Cc1ccc(NC(=O)c2cc(Nc3ccc(Cl)cc3Cl)ccn2)cc1. The molecule has 0 fully saturated rings. The lowest BCUT2D eigenvalue weighted by Gasteiger charge is -2.10. The van der Waals surface area contributed by atoms with Crippen molar-refractivity contribution in [3.05, 3.63) is 82.1 Å². The number of amides is 1. The van der Waals surface area contributed by atoms with E-state index in [1.807, 2.05) is 6.07 Å². The van der Waals surface area contributed by atoms with Crippen LogP contribution in [0.3, 0.4) is 0 Å². The van der Waals surface area contributed by atoms with Gasteiger partial charge in [0.05, 0.1) is 22.3 Å². The van der Waals surface area contributed by atoms with Gasteiger partial charge in [-0.1, -0.05) is 23.2 Å². The first-order valence-corrected chi connectivity index (χ1v) is 8.30. The Balaban J connectivity index is 1.75. The second-order valence-electron chi connectivity index (χ2n) is 5.32. The van der Waals surface area contributed by atoms with Crippen molar-refractivity contribution in [3.63, 3.8) is 0 Å². The van der Waals surface area contributed by atoms with Crippen molar-refractivity contribution < 1.29 is 4.79 Å². The fraction of sp³-hybridized carbons (Fsp3) is 0. The zero-order chi connectivity index (χ0) is 18.5. The van der Waals surface area contributed by atoms with Gasteiger partial charge >= 0.3 is 0 Å². The lowest BCUT2D eigenvalue weighted by atomic mass is 10.2. The van der Waals surface area contributed by atoms with Gasteiger partial charge in [-0.15, -0.1) is 0 Å². The summed E-state index contributed by atoms with van der Waals surface area (Å²) in [6.07, 6.45) is 1.53. The molecular formula is C19H12Cl2N4O. The first-order valence-electron chi connectivity index (χ1n) is 7.55. The van der Waals surface area contributed by atoms with E-state index >= 15 is 0 Å². The number of pyridine rings is 1. The molecule has 0 saturated carbocycles. The molecule has 5 nitrogen and oxygen atoms in total. The fourth-order valence-corrected chi connectivity index (χ4v) is 2.66. The molecule has 0 spiro atoms. The highest BCUT2D eigenvalue weighted by molar-refractivity contribution is 6.36. The fourth-order valence-electron chi connectivity index (χ4n) is 2.20. The molecule has 3 rings (SSSR count). The van der Waals surface area contributed by atoms with Crippen molar-refractivity contribution in [2.75, 3.05) is 10.6 Å². The number of nitriles is 1. The van der Waals surface area contributed by atoms with Gasteiger partial charge in [-0.2, -0.15) is 5.26 Å². The van der Waals surface area contributed by atoms with Crippen molar-refractivity contribution in [2.24, 2.45) is 0 Å². The first kappa shape index (κ1) is 17.7. The van der Waals surface area contributed by atoms with Crippen LogP contribution in [0.5, 0.6) is 0 Å². The van der Waals surface area contributed by atoms with Crippen molar-refractivity contribution in [2.45, 2.75) is 0 Å². The van der Waals surface area contributed by atoms with Crippen LogP contribution in [0.25, 0.3) is 0 Å². The van der Waals surface area contributed by atoms with E-state index in [4.69, 9.17) is 28.5 Å². The molecule has 0 aliphatic rings. The summed E-state index contributed by atoms with van der Waals surface area (Å²) >= 11 is 12.0. The van der Waals surface area contributed by atoms with Gasteiger partial charge in [-0.05, 0) is 54.6 Å². The molecule has 0 bridgehead atoms. The summed E-state index contributed by atoms with van der Waals surface area (Å²) < 4.78 is 0. The summed E-state index contributed by atoms with van der Waals surface area (Å²) in [4.78, 5) is 16.5. The Morgan fingerprint density at radius 3 is 2.46 bits per heavy atom. The maximum absolute atomic E-state index is 12.4. The zero-order valence-electron chi connectivity index (χ0n) is 13.3. The van der Waals surface area contributed by atoms with Crippen LogP contribution < -0.4 is 10.6 Å². The average Bonchev–Trinajstić information content (AvgIpc) is 2.65. The van der Waals surface area contributed by atoms with Gasteiger partial charge < -0.3 is 10.6 Å². The molecule has 0 saturated heterocycles. The number of nitrogens with zero attached hydrogens (tertiary/aromatic N) is 2. The van der Waals surface area contributed by atoms with E-state index < -0.39 is 0 Å². The number of rotatable bonds is 4. The topological polar surface area (TPSA) is 77.8 Å². The minimum Gasteiger partial charge on any atom is -0.354 e. The number of hydrogen-bond donors (Lipinski definition) is 2. The zero-order valence-corrected chi connectivity index (χ0v) is 14.8. The van der Waals surface area contributed by atoms with Crippen molar-refractivity contribution >= 4 is 46.2 Å².